The van der Waals surface area contributed by atoms with Gasteiger partial charge in [-0.05, 0) is 42.7 Å². The van der Waals surface area contributed by atoms with Gasteiger partial charge in [-0.25, -0.2) is 4.98 Å². The first kappa shape index (κ1) is 21.3. The van der Waals surface area contributed by atoms with E-state index in [-0.39, 0.29) is 30.3 Å². The summed E-state index contributed by atoms with van der Waals surface area (Å²) in [6.07, 6.45) is 3.75. The Morgan fingerprint density at radius 2 is 1.97 bits per heavy atom. The van der Waals surface area contributed by atoms with Gasteiger partial charge in [-0.2, -0.15) is 0 Å². The SMILES string of the molecule is COc1cccc(CNC(=O)COC(=O)C2CCCCC2c2nc3ccccc3s2)c1. The van der Waals surface area contributed by atoms with Crippen LogP contribution in [-0.2, 0) is 20.9 Å². The van der Waals surface area contributed by atoms with Gasteiger partial charge in [-0.1, -0.05) is 37.1 Å². The van der Waals surface area contributed by atoms with Crippen LogP contribution < -0.4 is 10.1 Å². The van der Waals surface area contributed by atoms with E-state index in [1.165, 1.54) is 0 Å². The lowest BCUT2D eigenvalue weighted by Crippen LogP contribution is -2.32. The third-order valence-electron chi connectivity index (χ3n) is 5.67. The molecule has 1 aliphatic carbocycles. The number of rotatable bonds is 7. The van der Waals surface area contributed by atoms with Gasteiger partial charge in [0.05, 0.1) is 28.3 Å². The number of hydrogen-bond donors (Lipinski definition) is 1. The number of carbonyl (C=O) groups is 2. The van der Waals surface area contributed by atoms with E-state index in [1.54, 1.807) is 18.4 Å². The maximum Gasteiger partial charge on any atom is 0.310 e. The molecule has 0 radical (unpaired) electrons. The van der Waals surface area contributed by atoms with Crippen LogP contribution in [0.25, 0.3) is 10.2 Å². The molecule has 1 N–H and O–H groups in total. The molecule has 1 saturated carbocycles. The number of thiazole rings is 1. The zero-order chi connectivity index (χ0) is 21.6. The van der Waals surface area contributed by atoms with Crippen LogP contribution in [0, 0.1) is 5.92 Å². The Morgan fingerprint density at radius 3 is 2.81 bits per heavy atom. The van der Waals surface area contributed by atoms with Crippen LogP contribution in [0.3, 0.4) is 0 Å². The minimum absolute atomic E-state index is 0.0542. The molecule has 162 valence electrons. The van der Waals surface area contributed by atoms with Gasteiger partial charge in [0.1, 0.15) is 5.75 Å². The molecule has 2 atom stereocenters. The summed E-state index contributed by atoms with van der Waals surface area (Å²) < 4.78 is 11.7. The number of benzene rings is 2. The summed E-state index contributed by atoms with van der Waals surface area (Å²) in [5.74, 6) is -0.0839. The number of esters is 1. The van der Waals surface area contributed by atoms with E-state index < -0.39 is 0 Å². The summed E-state index contributed by atoms with van der Waals surface area (Å²) in [6.45, 7) is 0.0806. The van der Waals surface area contributed by atoms with Crippen molar-refractivity contribution in [2.24, 2.45) is 5.92 Å². The molecule has 31 heavy (non-hydrogen) atoms. The van der Waals surface area contributed by atoms with Crippen LogP contribution in [0.5, 0.6) is 5.75 Å². The van der Waals surface area contributed by atoms with E-state index in [0.717, 1.165) is 52.2 Å². The smallest absolute Gasteiger partial charge is 0.310 e. The summed E-state index contributed by atoms with van der Waals surface area (Å²) in [6, 6.07) is 15.5. The fourth-order valence-electron chi connectivity index (χ4n) is 4.04. The fourth-order valence-corrected chi connectivity index (χ4v) is 5.20. The minimum Gasteiger partial charge on any atom is -0.497 e. The Bertz CT molecular complexity index is 1030. The van der Waals surface area contributed by atoms with E-state index in [9.17, 15) is 9.59 Å². The van der Waals surface area contributed by atoms with Crippen LogP contribution in [0.4, 0.5) is 0 Å². The van der Waals surface area contributed by atoms with Crippen LogP contribution in [0.1, 0.15) is 42.2 Å². The molecule has 0 aliphatic heterocycles. The molecule has 6 nitrogen and oxygen atoms in total. The average Bonchev–Trinajstić information content (AvgIpc) is 3.25. The van der Waals surface area contributed by atoms with Gasteiger partial charge in [0.2, 0.25) is 0 Å². The Labute approximate surface area is 185 Å². The number of para-hydroxylation sites is 1. The highest BCUT2D eigenvalue weighted by Crippen LogP contribution is 2.41. The largest absolute Gasteiger partial charge is 0.497 e. The lowest BCUT2D eigenvalue weighted by atomic mass is 9.79. The lowest BCUT2D eigenvalue weighted by molar-refractivity contribution is -0.154. The topological polar surface area (TPSA) is 77.5 Å². The van der Waals surface area contributed by atoms with E-state index >= 15 is 0 Å². The van der Waals surface area contributed by atoms with Gasteiger partial charge in [0.25, 0.3) is 5.91 Å². The van der Waals surface area contributed by atoms with Crippen LogP contribution in [-0.4, -0.2) is 30.6 Å². The van der Waals surface area contributed by atoms with E-state index in [0.29, 0.717) is 6.54 Å². The molecule has 0 saturated heterocycles. The van der Waals surface area contributed by atoms with Gasteiger partial charge in [-0.15, -0.1) is 11.3 Å². The highest BCUT2D eigenvalue weighted by molar-refractivity contribution is 7.18. The molecule has 7 heteroatoms. The fraction of sp³-hybridized carbons (Fsp3) is 0.375. The summed E-state index contributed by atoms with van der Waals surface area (Å²) in [5, 5.41) is 3.78. The van der Waals surface area contributed by atoms with Crippen molar-refractivity contribution in [1.29, 1.82) is 0 Å². The Hall–Kier alpha value is -2.93. The van der Waals surface area contributed by atoms with Gasteiger partial charge in [-0.3, -0.25) is 9.59 Å². The van der Waals surface area contributed by atoms with Crippen molar-refractivity contribution in [1.82, 2.24) is 10.3 Å². The average molecular weight is 439 g/mol. The molecule has 0 spiro atoms. The second kappa shape index (κ2) is 9.92. The van der Waals surface area contributed by atoms with Crippen LogP contribution in [0.15, 0.2) is 48.5 Å². The minimum atomic E-state index is -0.316. The maximum atomic E-state index is 12.8. The number of nitrogens with one attached hydrogen (secondary N) is 1. The van der Waals surface area contributed by atoms with E-state index in [4.69, 9.17) is 14.5 Å². The quantitative estimate of drug-likeness (QED) is 0.552. The number of ether oxygens (including phenoxy) is 2. The van der Waals surface area contributed by atoms with Crippen LogP contribution >= 0.6 is 11.3 Å². The Morgan fingerprint density at radius 1 is 1.13 bits per heavy atom. The number of carbonyl (C=O) groups excluding carboxylic acids is 2. The van der Waals surface area contributed by atoms with Crippen molar-refractivity contribution in [2.45, 2.75) is 38.1 Å². The molecule has 1 heterocycles. The van der Waals surface area contributed by atoms with Gasteiger partial charge in [0.15, 0.2) is 6.61 Å². The molecule has 2 aromatic carbocycles. The maximum absolute atomic E-state index is 12.8. The monoisotopic (exact) mass is 438 g/mol. The van der Waals surface area contributed by atoms with Crippen molar-refractivity contribution in [2.75, 3.05) is 13.7 Å². The van der Waals surface area contributed by atoms with Gasteiger partial charge < -0.3 is 14.8 Å². The molecule has 1 amide bonds. The molecule has 1 fully saturated rings. The molecular weight excluding hydrogens is 412 g/mol. The third-order valence-corrected chi connectivity index (χ3v) is 6.83. The molecule has 1 aromatic heterocycles. The van der Waals surface area contributed by atoms with Crippen molar-refractivity contribution in [3.63, 3.8) is 0 Å². The molecular formula is C24H26N2O4S. The highest BCUT2D eigenvalue weighted by atomic mass is 32.1. The van der Waals surface area contributed by atoms with Crippen molar-refractivity contribution < 1.29 is 19.1 Å². The van der Waals surface area contributed by atoms with E-state index in [1.807, 2.05) is 42.5 Å². The molecule has 0 bridgehead atoms. The summed E-state index contributed by atoms with van der Waals surface area (Å²) in [7, 11) is 1.60. The third kappa shape index (κ3) is 5.22. The van der Waals surface area contributed by atoms with Crippen molar-refractivity contribution in [3.05, 3.63) is 59.1 Å². The first-order chi connectivity index (χ1) is 15.1. The van der Waals surface area contributed by atoms with Gasteiger partial charge in [0, 0.05) is 12.5 Å². The molecule has 1 aliphatic rings. The van der Waals surface area contributed by atoms with Crippen molar-refractivity contribution >= 4 is 33.4 Å². The van der Waals surface area contributed by atoms with Crippen molar-refractivity contribution in [3.8, 4) is 5.75 Å². The first-order valence-corrected chi connectivity index (χ1v) is 11.4. The van der Waals surface area contributed by atoms with Crippen LogP contribution in [0.2, 0.25) is 0 Å². The number of methoxy groups -OCH3 is 1. The Kier molecular flexibility index (Phi) is 6.82. The van der Waals surface area contributed by atoms with Gasteiger partial charge >= 0.3 is 5.97 Å². The number of fused-ring (bicyclic) bond motifs is 1. The number of hydrogen-bond acceptors (Lipinski definition) is 6. The molecule has 2 unspecified atom stereocenters. The summed E-state index contributed by atoms with van der Waals surface area (Å²) in [4.78, 5) is 29.8. The number of nitrogens with zero attached hydrogens (tertiary/aromatic N) is 1. The zero-order valence-corrected chi connectivity index (χ0v) is 18.3. The summed E-state index contributed by atoms with van der Waals surface area (Å²) >= 11 is 1.65. The number of amides is 1. The second-order valence-electron chi connectivity index (χ2n) is 7.75. The first-order valence-electron chi connectivity index (χ1n) is 10.6. The summed E-state index contributed by atoms with van der Waals surface area (Å²) in [5.41, 5.74) is 1.89. The van der Waals surface area contributed by atoms with E-state index in [2.05, 4.69) is 11.4 Å². The Balaban J connectivity index is 1.33. The normalized spacial score (nSPS) is 18.5. The second-order valence-corrected chi connectivity index (χ2v) is 8.82. The molecule has 3 aromatic rings. The standard InChI is InChI=1S/C24H26N2O4S/c1-29-17-8-6-7-16(13-17)14-25-22(27)15-30-24(28)19-10-3-2-9-18(19)23-26-20-11-4-5-12-21(20)31-23/h4-8,11-13,18-19H,2-3,9-10,14-15H2,1H3,(H,25,27). The zero-order valence-electron chi connectivity index (χ0n) is 17.5. The molecule has 4 rings (SSSR count). The number of aromatic nitrogens is 1. The predicted octanol–water partition coefficient (Wildman–Crippen LogP) is 4.44. The lowest BCUT2D eigenvalue weighted by Gasteiger charge is -2.28. The highest BCUT2D eigenvalue weighted by Gasteiger charge is 2.35. The predicted molar refractivity (Wildman–Crippen MR) is 120 cm³/mol.